The quantitative estimate of drug-likeness (QED) is 0.548. The lowest BCUT2D eigenvalue weighted by Crippen LogP contribution is -2.37. The van der Waals surface area contributed by atoms with E-state index in [4.69, 9.17) is 16.3 Å². The van der Waals surface area contributed by atoms with Crippen LogP contribution in [0.3, 0.4) is 0 Å². The molecule has 0 radical (unpaired) electrons. The summed E-state index contributed by atoms with van der Waals surface area (Å²) < 4.78 is 7.14. The lowest BCUT2D eigenvalue weighted by molar-refractivity contribution is 0.182. The third-order valence-corrected chi connectivity index (χ3v) is 4.55. The summed E-state index contributed by atoms with van der Waals surface area (Å²) in [5, 5.41) is 12.0. The van der Waals surface area contributed by atoms with Crippen LogP contribution in [0.2, 0.25) is 5.02 Å². The molecule has 2 aromatic rings. The first-order chi connectivity index (χ1) is 12.6. The van der Waals surface area contributed by atoms with Crippen molar-refractivity contribution in [1.29, 1.82) is 0 Å². The number of benzene rings is 1. The molecule has 0 amide bonds. The Labute approximate surface area is 160 Å². The molecule has 7 heteroatoms. The number of guanidine groups is 1. The van der Waals surface area contributed by atoms with Crippen LogP contribution in [0.4, 0.5) is 0 Å². The third kappa shape index (κ3) is 5.47. The van der Waals surface area contributed by atoms with E-state index in [9.17, 15) is 0 Å². The number of nitrogens with zero attached hydrogens (tertiary/aromatic N) is 3. The van der Waals surface area contributed by atoms with Gasteiger partial charge in [-0.05, 0) is 32.4 Å². The minimum atomic E-state index is 0.528. The van der Waals surface area contributed by atoms with Crippen molar-refractivity contribution in [1.82, 2.24) is 20.4 Å². The molecule has 0 aliphatic heterocycles. The van der Waals surface area contributed by atoms with Gasteiger partial charge >= 0.3 is 0 Å². The van der Waals surface area contributed by atoms with Crippen LogP contribution in [0.15, 0.2) is 29.3 Å². The lowest BCUT2D eigenvalue weighted by Gasteiger charge is -2.12. The third-order valence-electron chi connectivity index (χ3n) is 4.18. The summed E-state index contributed by atoms with van der Waals surface area (Å²) >= 11 is 6.21. The van der Waals surface area contributed by atoms with E-state index in [1.54, 1.807) is 7.11 Å². The van der Waals surface area contributed by atoms with E-state index in [2.05, 4.69) is 27.6 Å². The lowest BCUT2D eigenvalue weighted by atomic mass is 10.2. The van der Waals surface area contributed by atoms with Gasteiger partial charge in [0.15, 0.2) is 5.96 Å². The van der Waals surface area contributed by atoms with Crippen LogP contribution in [0.5, 0.6) is 0 Å². The number of aromatic nitrogens is 2. The average molecular weight is 378 g/mol. The normalized spacial score (nSPS) is 11.7. The molecule has 26 heavy (non-hydrogen) atoms. The molecule has 0 saturated carbocycles. The second kappa shape index (κ2) is 10.2. The van der Waals surface area contributed by atoms with Gasteiger partial charge in [0.1, 0.15) is 0 Å². The van der Waals surface area contributed by atoms with Gasteiger partial charge in [-0.1, -0.05) is 29.8 Å². The number of ether oxygens (including phenoxy) is 1. The molecule has 1 heterocycles. The predicted octanol–water partition coefficient (Wildman–Crippen LogP) is 3.06. The maximum atomic E-state index is 6.21. The van der Waals surface area contributed by atoms with Crippen molar-refractivity contribution in [3.8, 4) is 0 Å². The SMILES string of the molecule is CCNC(=NCc1ccccc1Cl)NCc1c(C)nn(CCOC)c1C. The number of hydrogen-bond acceptors (Lipinski definition) is 3. The summed E-state index contributed by atoms with van der Waals surface area (Å²) in [6, 6.07) is 7.77. The zero-order chi connectivity index (χ0) is 18.9. The summed E-state index contributed by atoms with van der Waals surface area (Å²) in [6.07, 6.45) is 0. The molecule has 0 aliphatic carbocycles. The Morgan fingerprint density at radius 1 is 1.27 bits per heavy atom. The Balaban J connectivity index is 2.05. The standard InChI is InChI=1S/C19H28ClN5O/c1-5-21-19(22-12-16-8-6-7-9-18(16)20)23-13-17-14(2)24-25(15(17)3)10-11-26-4/h6-9H,5,10-13H2,1-4H3,(H2,21,22,23). The number of halogens is 1. The first-order valence-corrected chi connectivity index (χ1v) is 9.22. The van der Waals surface area contributed by atoms with Crippen LogP contribution in [0, 0.1) is 13.8 Å². The van der Waals surface area contributed by atoms with Crippen molar-refractivity contribution < 1.29 is 4.74 Å². The van der Waals surface area contributed by atoms with Gasteiger partial charge in [0.2, 0.25) is 0 Å². The molecule has 142 valence electrons. The minimum Gasteiger partial charge on any atom is -0.383 e. The minimum absolute atomic E-state index is 0.528. The van der Waals surface area contributed by atoms with E-state index in [0.29, 0.717) is 19.7 Å². The molecule has 0 fully saturated rings. The highest BCUT2D eigenvalue weighted by atomic mass is 35.5. The number of rotatable bonds is 8. The van der Waals surface area contributed by atoms with Crippen LogP contribution in [0.25, 0.3) is 0 Å². The molecule has 2 rings (SSSR count). The van der Waals surface area contributed by atoms with Crippen LogP contribution < -0.4 is 10.6 Å². The molecule has 0 atom stereocenters. The number of hydrogen-bond donors (Lipinski definition) is 2. The summed E-state index contributed by atoms with van der Waals surface area (Å²) in [7, 11) is 1.70. The van der Waals surface area contributed by atoms with E-state index in [-0.39, 0.29) is 0 Å². The predicted molar refractivity (Wildman–Crippen MR) is 107 cm³/mol. The van der Waals surface area contributed by atoms with Gasteiger partial charge in [-0.3, -0.25) is 4.68 Å². The van der Waals surface area contributed by atoms with E-state index in [1.165, 1.54) is 5.56 Å². The number of aliphatic imine (C=N–C) groups is 1. The largest absolute Gasteiger partial charge is 0.383 e. The van der Waals surface area contributed by atoms with Gasteiger partial charge in [-0.2, -0.15) is 5.10 Å². The number of methoxy groups -OCH3 is 1. The van der Waals surface area contributed by atoms with E-state index < -0.39 is 0 Å². The molecular weight excluding hydrogens is 350 g/mol. The molecule has 1 aromatic carbocycles. The van der Waals surface area contributed by atoms with Gasteiger partial charge in [0, 0.05) is 36.5 Å². The Hall–Kier alpha value is -2.05. The Kier molecular flexibility index (Phi) is 7.94. The van der Waals surface area contributed by atoms with Crippen molar-refractivity contribution in [3.05, 3.63) is 51.8 Å². The van der Waals surface area contributed by atoms with Crippen molar-refractivity contribution in [2.24, 2.45) is 4.99 Å². The van der Waals surface area contributed by atoms with E-state index >= 15 is 0 Å². The monoisotopic (exact) mass is 377 g/mol. The smallest absolute Gasteiger partial charge is 0.191 e. The molecule has 0 aliphatic rings. The highest BCUT2D eigenvalue weighted by Gasteiger charge is 2.12. The zero-order valence-corrected chi connectivity index (χ0v) is 16.7. The van der Waals surface area contributed by atoms with Crippen LogP contribution in [0.1, 0.15) is 29.4 Å². The maximum Gasteiger partial charge on any atom is 0.191 e. The van der Waals surface area contributed by atoms with Crippen LogP contribution in [-0.4, -0.2) is 36.0 Å². The summed E-state index contributed by atoms with van der Waals surface area (Å²) in [5.41, 5.74) is 4.36. The van der Waals surface area contributed by atoms with Gasteiger partial charge < -0.3 is 15.4 Å². The molecule has 0 bridgehead atoms. The van der Waals surface area contributed by atoms with Crippen molar-refractivity contribution in [3.63, 3.8) is 0 Å². The highest BCUT2D eigenvalue weighted by Crippen LogP contribution is 2.16. The molecule has 0 unspecified atom stereocenters. The summed E-state index contributed by atoms with van der Waals surface area (Å²) in [6.45, 7) is 9.55. The molecule has 0 spiro atoms. The van der Waals surface area contributed by atoms with Crippen molar-refractivity contribution >= 4 is 17.6 Å². The van der Waals surface area contributed by atoms with E-state index in [0.717, 1.165) is 41.0 Å². The average Bonchev–Trinajstić information content (AvgIpc) is 2.90. The van der Waals surface area contributed by atoms with Crippen molar-refractivity contribution in [2.75, 3.05) is 20.3 Å². The summed E-state index contributed by atoms with van der Waals surface area (Å²) in [5.74, 6) is 0.760. The second-order valence-corrected chi connectivity index (χ2v) is 6.41. The first-order valence-electron chi connectivity index (χ1n) is 8.84. The van der Waals surface area contributed by atoms with Gasteiger partial charge in [0.05, 0.1) is 25.4 Å². The van der Waals surface area contributed by atoms with Gasteiger partial charge in [-0.15, -0.1) is 0 Å². The topological polar surface area (TPSA) is 63.5 Å². The van der Waals surface area contributed by atoms with Gasteiger partial charge in [-0.25, -0.2) is 4.99 Å². The first kappa shape index (κ1) is 20.3. The second-order valence-electron chi connectivity index (χ2n) is 6.01. The molecular formula is C19H28ClN5O. The molecule has 0 saturated heterocycles. The Morgan fingerprint density at radius 3 is 2.73 bits per heavy atom. The highest BCUT2D eigenvalue weighted by molar-refractivity contribution is 6.31. The van der Waals surface area contributed by atoms with Crippen LogP contribution >= 0.6 is 11.6 Å². The molecule has 6 nitrogen and oxygen atoms in total. The van der Waals surface area contributed by atoms with Gasteiger partial charge in [0.25, 0.3) is 0 Å². The fourth-order valence-electron chi connectivity index (χ4n) is 2.69. The fraction of sp³-hybridized carbons (Fsp3) is 0.474. The van der Waals surface area contributed by atoms with E-state index in [1.807, 2.05) is 42.8 Å². The van der Waals surface area contributed by atoms with Crippen LogP contribution in [-0.2, 0) is 24.4 Å². The molecule has 2 N–H and O–H groups in total. The van der Waals surface area contributed by atoms with Crippen molar-refractivity contribution in [2.45, 2.75) is 40.4 Å². The fourth-order valence-corrected chi connectivity index (χ4v) is 2.89. The number of nitrogens with one attached hydrogen (secondary N) is 2. The zero-order valence-electron chi connectivity index (χ0n) is 16.0. The Morgan fingerprint density at radius 2 is 2.04 bits per heavy atom. The number of aryl methyl sites for hydroxylation is 1. The molecule has 1 aromatic heterocycles. The summed E-state index contributed by atoms with van der Waals surface area (Å²) in [4.78, 5) is 4.64. The Bertz CT molecular complexity index is 742. The maximum absolute atomic E-state index is 6.21.